The van der Waals surface area contributed by atoms with E-state index >= 15 is 0 Å². The zero-order valence-electron chi connectivity index (χ0n) is 17.6. The third kappa shape index (κ3) is 5.12. The van der Waals surface area contributed by atoms with E-state index in [9.17, 15) is 8.78 Å². The van der Waals surface area contributed by atoms with Crippen molar-refractivity contribution in [2.45, 2.75) is 45.1 Å². The van der Waals surface area contributed by atoms with Gasteiger partial charge in [0, 0.05) is 28.2 Å². The monoisotopic (exact) mass is 474 g/mol. The number of nitrogens with one attached hydrogen (secondary N) is 1. The molecule has 1 aromatic carbocycles. The molecule has 0 radical (unpaired) electrons. The van der Waals surface area contributed by atoms with Gasteiger partial charge in [0.05, 0.1) is 16.1 Å². The van der Waals surface area contributed by atoms with Crippen molar-refractivity contribution in [1.29, 1.82) is 0 Å². The predicted molar refractivity (Wildman–Crippen MR) is 128 cm³/mol. The lowest BCUT2D eigenvalue weighted by atomic mass is 9.97. The molecule has 0 saturated heterocycles. The molecular formula is C25H25ClF2N2OS. The van der Waals surface area contributed by atoms with Gasteiger partial charge in [0.2, 0.25) is 0 Å². The zero-order valence-corrected chi connectivity index (χ0v) is 19.2. The molecule has 1 heterocycles. The molecule has 0 amide bonds. The van der Waals surface area contributed by atoms with Crippen molar-refractivity contribution < 1.29 is 13.5 Å². The Morgan fingerprint density at radius 2 is 2.03 bits per heavy atom. The van der Waals surface area contributed by atoms with Gasteiger partial charge in [0.1, 0.15) is 11.6 Å². The van der Waals surface area contributed by atoms with Gasteiger partial charge < -0.3 is 9.72 Å². The number of allylic oxidation sites excluding steroid dienone is 6. The van der Waals surface area contributed by atoms with Crippen LogP contribution in [0.15, 0.2) is 53.2 Å². The fourth-order valence-electron chi connectivity index (χ4n) is 4.14. The number of rotatable bonds is 8. The molecule has 7 heteroatoms. The molecule has 0 bridgehead atoms. The minimum Gasteiger partial charge on any atom is -0.435 e. The normalized spacial score (nSPS) is 21.0. The number of halogens is 3. The molecule has 168 valence electrons. The fourth-order valence-corrected chi connectivity index (χ4v) is 5.56. The van der Waals surface area contributed by atoms with E-state index in [1.165, 1.54) is 23.5 Å². The van der Waals surface area contributed by atoms with Crippen LogP contribution in [0.1, 0.15) is 43.5 Å². The minimum absolute atomic E-state index is 0.178. The number of aromatic nitrogens is 2. The van der Waals surface area contributed by atoms with E-state index in [0.29, 0.717) is 28.5 Å². The van der Waals surface area contributed by atoms with Crippen molar-refractivity contribution in [2.75, 3.05) is 5.75 Å². The summed E-state index contributed by atoms with van der Waals surface area (Å²) in [5.41, 5.74) is 2.89. The lowest BCUT2D eigenvalue weighted by Gasteiger charge is -2.18. The number of imidazole rings is 1. The summed E-state index contributed by atoms with van der Waals surface area (Å²) in [6, 6.07) is 3.68. The largest absolute Gasteiger partial charge is 0.435 e. The van der Waals surface area contributed by atoms with Gasteiger partial charge in [0.25, 0.3) is 0 Å². The molecule has 3 aliphatic carbocycles. The highest BCUT2D eigenvalue weighted by molar-refractivity contribution is 8.03. The quantitative estimate of drug-likeness (QED) is 0.426. The number of H-pyrrole nitrogens is 1. The number of nitrogens with zero attached hydrogens (tertiary/aromatic N) is 1. The second-order valence-electron chi connectivity index (χ2n) is 8.59. The molecule has 1 atom stereocenters. The van der Waals surface area contributed by atoms with Crippen LogP contribution in [0.2, 0.25) is 5.02 Å². The Labute approximate surface area is 195 Å². The molecule has 1 N–H and O–H groups in total. The maximum absolute atomic E-state index is 12.8. The molecule has 1 aromatic heterocycles. The van der Waals surface area contributed by atoms with Crippen LogP contribution in [0.3, 0.4) is 0 Å². The molecular weight excluding hydrogens is 450 g/mol. The number of ether oxygens (including phenoxy) is 1. The lowest BCUT2D eigenvalue weighted by molar-refractivity contribution is -0.0912. The van der Waals surface area contributed by atoms with Crippen molar-refractivity contribution in [3.8, 4) is 0 Å². The van der Waals surface area contributed by atoms with E-state index in [-0.39, 0.29) is 5.76 Å². The van der Waals surface area contributed by atoms with E-state index in [1.807, 2.05) is 30.0 Å². The van der Waals surface area contributed by atoms with Crippen LogP contribution in [0.5, 0.6) is 0 Å². The molecule has 1 fully saturated rings. The number of hydrogen-bond donors (Lipinski definition) is 1. The van der Waals surface area contributed by atoms with Gasteiger partial charge in [-0.3, -0.25) is 0 Å². The van der Waals surface area contributed by atoms with Crippen LogP contribution in [-0.2, 0) is 11.2 Å². The van der Waals surface area contributed by atoms with Crippen molar-refractivity contribution in [2.24, 2.45) is 11.8 Å². The summed E-state index contributed by atoms with van der Waals surface area (Å²) in [5.74, 6) is 3.66. The highest BCUT2D eigenvalue weighted by Crippen LogP contribution is 2.38. The van der Waals surface area contributed by atoms with Crippen molar-refractivity contribution in [1.82, 2.24) is 9.97 Å². The molecule has 1 saturated carbocycles. The summed E-state index contributed by atoms with van der Waals surface area (Å²) in [6.07, 6.45) is 16.5. The summed E-state index contributed by atoms with van der Waals surface area (Å²) >= 11 is 8.50. The highest BCUT2D eigenvalue weighted by Gasteiger charge is 2.22. The van der Waals surface area contributed by atoms with Crippen molar-refractivity contribution >= 4 is 40.0 Å². The third-order valence-corrected chi connectivity index (χ3v) is 7.62. The van der Waals surface area contributed by atoms with Crippen LogP contribution in [0.25, 0.3) is 16.6 Å². The fraction of sp³-hybridized carbons (Fsp3) is 0.400. The Morgan fingerprint density at radius 1 is 1.19 bits per heavy atom. The number of thioether (sulfide) groups is 1. The average molecular weight is 475 g/mol. The highest BCUT2D eigenvalue weighted by atomic mass is 35.5. The first kappa shape index (κ1) is 21.8. The van der Waals surface area contributed by atoms with Crippen LogP contribution in [-0.4, -0.2) is 22.3 Å². The number of hydrogen-bond acceptors (Lipinski definition) is 3. The minimum atomic E-state index is -2.87. The molecule has 3 aliphatic rings. The van der Waals surface area contributed by atoms with Gasteiger partial charge in [-0.25, -0.2) is 4.98 Å². The van der Waals surface area contributed by atoms with E-state index in [4.69, 9.17) is 21.3 Å². The number of benzene rings is 1. The van der Waals surface area contributed by atoms with Crippen LogP contribution >= 0.6 is 23.4 Å². The maximum Gasteiger partial charge on any atom is 0.387 e. The second kappa shape index (κ2) is 9.44. The van der Waals surface area contributed by atoms with Crippen molar-refractivity contribution in [3.05, 3.63) is 69.6 Å². The number of alkyl halides is 2. The van der Waals surface area contributed by atoms with E-state index < -0.39 is 6.61 Å². The summed E-state index contributed by atoms with van der Waals surface area (Å²) in [5, 5.41) is 0.488. The molecule has 1 unspecified atom stereocenters. The maximum atomic E-state index is 12.8. The van der Waals surface area contributed by atoms with E-state index in [0.717, 1.165) is 42.0 Å². The molecule has 3 nitrogen and oxygen atoms in total. The Balaban J connectivity index is 1.30. The Kier molecular flexibility index (Phi) is 6.42. The topological polar surface area (TPSA) is 37.9 Å². The summed E-state index contributed by atoms with van der Waals surface area (Å²) in [4.78, 5) is 9.52. The smallest absolute Gasteiger partial charge is 0.387 e. The molecule has 2 aromatic rings. The lowest BCUT2D eigenvalue weighted by Crippen LogP contribution is -2.05. The average Bonchev–Trinajstić information content (AvgIpc) is 3.52. The zero-order chi connectivity index (χ0) is 22.1. The molecule has 5 rings (SSSR count). The summed E-state index contributed by atoms with van der Waals surface area (Å²) in [6.45, 7) is -2.87. The van der Waals surface area contributed by atoms with Gasteiger partial charge >= 0.3 is 6.61 Å². The second-order valence-corrected chi connectivity index (χ2v) is 10.1. The van der Waals surface area contributed by atoms with Gasteiger partial charge in [-0.1, -0.05) is 35.9 Å². The summed E-state index contributed by atoms with van der Waals surface area (Å²) < 4.78 is 30.4. The van der Waals surface area contributed by atoms with Gasteiger partial charge in [-0.2, -0.15) is 8.78 Å². The Bertz CT molecular complexity index is 1130. The standard InChI is InChI=1S/C25H25ClF2N2OS/c26-20-13-22-21(12-19(20)18-3-1-2-4-23(18)31-25(27)28)29-24(30-22)11-15-7-9-17(10-8-15)32-14-16-5-6-16/h3-4,7,9-10,12-13,15-16,25H,1-2,5-6,8,11,14H2,(H,29,30). The van der Waals surface area contributed by atoms with Crippen molar-refractivity contribution in [3.63, 3.8) is 0 Å². The molecule has 0 aliphatic heterocycles. The van der Waals surface area contributed by atoms with Crippen LogP contribution in [0, 0.1) is 11.8 Å². The van der Waals surface area contributed by atoms with Gasteiger partial charge in [-0.15, -0.1) is 11.8 Å². The van der Waals surface area contributed by atoms with E-state index in [2.05, 4.69) is 23.2 Å². The predicted octanol–water partition coefficient (Wildman–Crippen LogP) is 7.66. The van der Waals surface area contributed by atoms with Crippen LogP contribution in [0.4, 0.5) is 8.78 Å². The number of aromatic amines is 1. The first-order valence-electron chi connectivity index (χ1n) is 11.1. The first-order chi connectivity index (χ1) is 15.5. The SMILES string of the molecule is FC(F)OC1=CCCC=C1c1cc2nc(CC3C=CC(SCC4CC4)=CC3)[nH]c2cc1Cl. The first-order valence-corrected chi connectivity index (χ1v) is 12.5. The van der Waals surface area contributed by atoms with E-state index in [1.54, 1.807) is 6.08 Å². The third-order valence-electron chi connectivity index (χ3n) is 6.03. The van der Waals surface area contributed by atoms with Gasteiger partial charge in [0.15, 0.2) is 0 Å². The van der Waals surface area contributed by atoms with Gasteiger partial charge in [-0.05, 0) is 62.1 Å². The number of fused-ring (bicyclic) bond motifs is 1. The molecule has 0 spiro atoms. The summed E-state index contributed by atoms with van der Waals surface area (Å²) in [7, 11) is 0. The van der Waals surface area contributed by atoms with Crippen LogP contribution < -0.4 is 0 Å². The molecule has 32 heavy (non-hydrogen) atoms. The Morgan fingerprint density at radius 3 is 2.78 bits per heavy atom. The Hall–Kier alpha value is -2.05.